The Morgan fingerprint density at radius 3 is 2.62 bits per heavy atom. The van der Waals surface area contributed by atoms with Gasteiger partial charge in [0, 0.05) is 17.0 Å². The van der Waals surface area contributed by atoms with E-state index in [4.69, 9.17) is 5.73 Å². The molecular formula is C17H23FN2S. The van der Waals surface area contributed by atoms with Crippen LogP contribution < -0.4 is 5.73 Å². The first-order chi connectivity index (χ1) is 10.0. The van der Waals surface area contributed by atoms with Gasteiger partial charge in [0.25, 0.3) is 0 Å². The fourth-order valence-corrected chi connectivity index (χ4v) is 3.50. The monoisotopic (exact) mass is 306 g/mol. The summed E-state index contributed by atoms with van der Waals surface area (Å²) in [5.41, 5.74) is 7.27. The third-order valence-corrected chi connectivity index (χ3v) is 5.11. The molecular weight excluding hydrogens is 283 g/mol. The molecule has 0 bridgehead atoms. The second-order valence-corrected chi connectivity index (χ2v) is 6.41. The molecule has 2 aromatic rings. The highest BCUT2D eigenvalue weighted by atomic mass is 32.1. The largest absolute Gasteiger partial charge is 0.326 e. The fraction of sp³-hybridized carbons (Fsp3) is 0.412. The van der Waals surface area contributed by atoms with Gasteiger partial charge in [-0.1, -0.05) is 25.1 Å². The quantitative estimate of drug-likeness (QED) is 0.859. The lowest BCUT2D eigenvalue weighted by Gasteiger charge is -2.36. The molecule has 2 rings (SSSR count). The summed E-state index contributed by atoms with van der Waals surface area (Å²) in [6, 6.07) is 11.2. The minimum Gasteiger partial charge on any atom is -0.326 e. The van der Waals surface area contributed by atoms with Crippen LogP contribution in [0.3, 0.4) is 0 Å². The maximum atomic E-state index is 13.6. The average Bonchev–Trinajstić information content (AvgIpc) is 3.00. The summed E-state index contributed by atoms with van der Waals surface area (Å²) in [7, 11) is 2.06. The summed E-state index contributed by atoms with van der Waals surface area (Å²) in [5.74, 6) is -0.210. The molecule has 21 heavy (non-hydrogen) atoms. The van der Waals surface area contributed by atoms with Crippen molar-refractivity contribution >= 4 is 11.3 Å². The van der Waals surface area contributed by atoms with Gasteiger partial charge in [0.1, 0.15) is 5.82 Å². The van der Waals surface area contributed by atoms with E-state index >= 15 is 0 Å². The van der Waals surface area contributed by atoms with Crippen molar-refractivity contribution in [3.63, 3.8) is 0 Å². The van der Waals surface area contributed by atoms with E-state index in [1.165, 1.54) is 10.9 Å². The van der Waals surface area contributed by atoms with Crippen LogP contribution in [0.4, 0.5) is 4.39 Å². The summed E-state index contributed by atoms with van der Waals surface area (Å²) < 4.78 is 13.6. The van der Waals surface area contributed by atoms with Crippen molar-refractivity contribution in [3.8, 4) is 0 Å². The summed E-state index contributed by atoms with van der Waals surface area (Å²) in [5, 5.41) is 2.08. The summed E-state index contributed by atoms with van der Waals surface area (Å²) >= 11 is 1.74. The Balaban J connectivity index is 2.31. The Morgan fingerprint density at radius 2 is 2.05 bits per heavy atom. The number of rotatable bonds is 6. The fourth-order valence-electron chi connectivity index (χ4n) is 2.67. The van der Waals surface area contributed by atoms with Gasteiger partial charge in [-0.25, -0.2) is 4.39 Å². The van der Waals surface area contributed by atoms with Crippen LogP contribution >= 0.6 is 11.3 Å². The van der Waals surface area contributed by atoms with E-state index in [9.17, 15) is 4.39 Å². The van der Waals surface area contributed by atoms with Gasteiger partial charge in [-0.05, 0) is 49.5 Å². The number of nitrogens with two attached hydrogens (primary N) is 1. The summed E-state index contributed by atoms with van der Waals surface area (Å²) in [6.07, 6.45) is 0.850. The van der Waals surface area contributed by atoms with Gasteiger partial charge in [-0.15, -0.1) is 11.3 Å². The van der Waals surface area contributed by atoms with E-state index in [1.54, 1.807) is 23.5 Å². The molecule has 0 saturated carbocycles. The molecule has 0 amide bonds. The number of likely N-dealkylation sites (N-methyl/N-ethyl adjacent to an activating group) is 1. The first kappa shape index (κ1) is 16.1. The molecule has 0 spiro atoms. The van der Waals surface area contributed by atoms with Crippen LogP contribution in [0.2, 0.25) is 0 Å². The van der Waals surface area contributed by atoms with E-state index < -0.39 is 0 Å². The topological polar surface area (TPSA) is 29.3 Å². The zero-order valence-electron chi connectivity index (χ0n) is 12.8. The van der Waals surface area contributed by atoms with Crippen LogP contribution in [0, 0.1) is 5.82 Å². The van der Waals surface area contributed by atoms with E-state index in [0.29, 0.717) is 0 Å². The molecule has 1 heterocycles. The van der Waals surface area contributed by atoms with Crippen LogP contribution in [-0.4, -0.2) is 18.0 Å². The summed E-state index contributed by atoms with van der Waals surface area (Å²) in [4.78, 5) is 3.54. The Bertz CT molecular complexity index is 556. The minimum absolute atomic E-state index is 0.00259. The van der Waals surface area contributed by atoms with E-state index in [-0.39, 0.29) is 23.9 Å². The second kappa shape index (κ2) is 7.16. The van der Waals surface area contributed by atoms with Gasteiger partial charge < -0.3 is 5.73 Å². The molecule has 2 N–H and O–H groups in total. The number of thiophene rings is 1. The number of hydrogen-bond donors (Lipinski definition) is 1. The Morgan fingerprint density at radius 1 is 1.29 bits per heavy atom. The molecule has 3 atom stereocenters. The van der Waals surface area contributed by atoms with Gasteiger partial charge in [-0.2, -0.15) is 0 Å². The third kappa shape index (κ3) is 3.70. The second-order valence-electron chi connectivity index (χ2n) is 5.43. The van der Waals surface area contributed by atoms with Gasteiger partial charge >= 0.3 is 0 Å². The lowest BCUT2D eigenvalue weighted by atomic mass is 9.95. The van der Waals surface area contributed by atoms with Gasteiger partial charge in [0.05, 0.1) is 6.04 Å². The molecule has 0 saturated heterocycles. The van der Waals surface area contributed by atoms with Gasteiger partial charge in [-0.3, -0.25) is 4.90 Å². The highest BCUT2D eigenvalue weighted by molar-refractivity contribution is 7.10. The third-order valence-electron chi connectivity index (χ3n) is 4.07. The van der Waals surface area contributed by atoms with Crippen molar-refractivity contribution in [2.24, 2.45) is 5.73 Å². The first-order valence-electron chi connectivity index (χ1n) is 7.31. The zero-order chi connectivity index (χ0) is 15.4. The molecule has 0 radical (unpaired) electrons. The van der Waals surface area contributed by atoms with Crippen LogP contribution in [0.5, 0.6) is 0 Å². The van der Waals surface area contributed by atoms with E-state index in [0.717, 1.165) is 12.0 Å². The number of halogens is 1. The number of hydrogen-bond acceptors (Lipinski definition) is 3. The SMILES string of the molecule is CCC(N)C(c1cccc(F)c1)N(C)C(C)c1cccs1. The predicted octanol–water partition coefficient (Wildman–Crippen LogP) is 4.36. The Kier molecular flexibility index (Phi) is 5.51. The van der Waals surface area contributed by atoms with Crippen LogP contribution in [0.25, 0.3) is 0 Å². The lowest BCUT2D eigenvalue weighted by molar-refractivity contribution is 0.160. The van der Waals surface area contributed by atoms with E-state index in [1.807, 2.05) is 6.07 Å². The van der Waals surface area contributed by atoms with Crippen LogP contribution in [-0.2, 0) is 0 Å². The maximum Gasteiger partial charge on any atom is 0.123 e. The van der Waals surface area contributed by atoms with Crippen molar-refractivity contribution in [1.29, 1.82) is 0 Å². The predicted molar refractivity (Wildman–Crippen MR) is 87.9 cm³/mol. The van der Waals surface area contributed by atoms with Crippen molar-refractivity contribution < 1.29 is 4.39 Å². The Labute approximate surface area is 130 Å². The smallest absolute Gasteiger partial charge is 0.123 e. The van der Waals surface area contributed by atoms with E-state index in [2.05, 4.69) is 43.3 Å². The van der Waals surface area contributed by atoms with Crippen molar-refractivity contribution in [2.75, 3.05) is 7.05 Å². The number of nitrogens with zero attached hydrogens (tertiary/aromatic N) is 1. The van der Waals surface area contributed by atoms with Crippen molar-refractivity contribution in [2.45, 2.75) is 38.4 Å². The molecule has 0 fully saturated rings. The van der Waals surface area contributed by atoms with Gasteiger partial charge in [0.2, 0.25) is 0 Å². The van der Waals surface area contributed by atoms with Crippen molar-refractivity contribution in [3.05, 3.63) is 58.0 Å². The van der Waals surface area contributed by atoms with Crippen molar-refractivity contribution in [1.82, 2.24) is 4.90 Å². The number of benzene rings is 1. The molecule has 114 valence electrons. The summed E-state index contributed by atoms with van der Waals surface area (Å²) in [6.45, 7) is 4.24. The molecule has 1 aromatic carbocycles. The van der Waals surface area contributed by atoms with Gasteiger partial charge in [0.15, 0.2) is 0 Å². The highest BCUT2D eigenvalue weighted by Crippen LogP contribution is 2.33. The zero-order valence-corrected chi connectivity index (χ0v) is 13.6. The highest BCUT2D eigenvalue weighted by Gasteiger charge is 2.27. The molecule has 0 aliphatic heterocycles. The maximum absolute atomic E-state index is 13.6. The molecule has 4 heteroatoms. The lowest BCUT2D eigenvalue weighted by Crippen LogP contribution is -2.40. The average molecular weight is 306 g/mol. The van der Waals surface area contributed by atoms with Crippen LogP contribution in [0.15, 0.2) is 41.8 Å². The molecule has 0 aliphatic carbocycles. The standard InChI is InChI=1S/C17H23FN2S/c1-4-15(19)17(13-7-5-8-14(18)11-13)20(3)12(2)16-9-6-10-21-16/h5-12,15,17H,4,19H2,1-3H3. The van der Waals surface area contributed by atoms with Crippen LogP contribution in [0.1, 0.15) is 42.8 Å². The normalized spacial score (nSPS) is 15.9. The molecule has 0 aliphatic rings. The molecule has 1 aromatic heterocycles. The first-order valence-corrected chi connectivity index (χ1v) is 8.19. The Hall–Kier alpha value is -1.23. The minimum atomic E-state index is -0.210. The molecule has 3 unspecified atom stereocenters. The molecule has 2 nitrogen and oxygen atoms in total.